The van der Waals surface area contributed by atoms with Crippen molar-refractivity contribution in [3.05, 3.63) is 21.2 Å². The smallest absolute Gasteiger partial charge is 0.162 e. The average Bonchev–Trinajstić information content (AvgIpc) is 2.53. The first-order valence-corrected chi connectivity index (χ1v) is 6.57. The van der Waals surface area contributed by atoms with Gasteiger partial charge in [0.25, 0.3) is 0 Å². The first-order chi connectivity index (χ1) is 7.42. The van der Waals surface area contributed by atoms with E-state index >= 15 is 0 Å². The highest BCUT2D eigenvalue weighted by molar-refractivity contribution is 9.11. The predicted molar refractivity (Wildman–Crippen MR) is 70.9 cm³/mol. The highest BCUT2D eigenvalue weighted by Crippen LogP contribution is 2.43. The van der Waals surface area contributed by atoms with E-state index in [4.69, 9.17) is 16.4 Å². The summed E-state index contributed by atoms with van der Waals surface area (Å²) in [5.74, 6) is 0.360. The van der Waals surface area contributed by atoms with E-state index in [1.165, 1.54) is 5.57 Å². The van der Waals surface area contributed by atoms with Crippen LogP contribution < -0.4 is 0 Å². The number of allylic oxidation sites excluding steroid dienone is 3. The van der Waals surface area contributed by atoms with Crippen LogP contribution in [0.15, 0.2) is 26.3 Å². The highest BCUT2D eigenvalue weighted by Gasteiger charge is 2.39. The monoisotopic (exact) mass is 303 g/mol. The number of hydrogen-bond donors (Lipinski definition) is 0. The van der Waals surface area contributed by atoms with Gasteiger partial charge in [0.15, 0.2) is 5.60 Å². The van der Waals surface area contributed by atoms with Crippen molar-refractivity contribution in [1.29, 1.82) is 0 Å². The van der Waals surface area contributed by atoms with E-state index in [0.717, 1.165) is 28.1 Å². The van der Waals surface area contributed by atoms with E-state index in [-0.39, 0.29) is 5.60 Å². The molecule has 0 aromatic rings. The molecule has 2 aliphatic rings. The topological polar surface area (TPSA) is 21.6 Å². The van der Waals surface area contributed by atoms with Gasteiger partial charge in [-0.05, 0) is 37.8 Å². The molecule has 0 aromatic heterocycles. The van der Waals surface area contributed by atoms with Gasteiger partial charge in [0, 0.05) is 15.9 Å². The third-order valence-corrected chi connectivity index (χ3v) is 4.36. The van der Waals surface area contributed by atoms with E-state index in [1.54, 1.807) is 0 Å². The minimum absolute atomic E-state index is 0.300. The normalized spacial score (nSPS) is 34.7. The molecule has 0 fully saturated rings. The summed E-state index contributed by atoms with van der Waals surface area (Å²) in [7, 11) is 0. The molecule has 0 radical (unpaired) electrons. The van der Waals surface area contributed by atoms with Gasteiger partial charge in [-0.1, -0.05) is 39.6 Å². The first-order valence-electron chi connectivity index (χ1n) is 5.40. The van der Waals surface area contributed by atoms with E-state index in [1.807, 2.05) is 13.0 Å². The van der Waals surface area contributed by atoms with E-state index in [2.05, 4.69) is 34.9 Å². The largest absolute Gasteiger partial charge is 0.385 e. The van der Waals surface area contributed by atoms with Crippen LogP contribution in [0.2, 0.25) is 0 Å². The Balaban J connectivity index is 2.31. The summed E-state index contributed by atoms with van der Waals surface area (Å²) >= 11 is 9.71. The Kier molecular flexibility index (Phi) is 3.19. The lowest BCUT2D eigenvalue weighted by Gasteiger charge is -2.30. The van der Waals surface area contributed by atoms with Crippen LogP contribution in [0.1, 0.15) is 33.6 Å². The molecule has 4 heteroatoms. The molecule has 88 valence electrons. The molecule has 1 aliphatic heterocycles. The number of oxime groups is 1. The number of nitrogens with zero attached hydrogens (tertiary/aromatic N) is 1. The maximum Gasteiger partial charge on any atom is 0.162 e. The van der Waals surface area contributed by atoms with Crippen molar-refractivity contribution in [2.75, 3.05) is 0 Å². The molecule has 2 nitrogen and oxygen atoms in total. The molecule has 0 saturated carbocycles. The molecule has 2 unspecified atom stereocenters. The van der Waals surface area contributed by atoms with Crippen molar-refractivity contribution in [2.45, 2.75) is 39.2 Å². The molecule has 1 heterocycles. The molecule has 1 aliphatic carbocycles. The zero-order chi connectivity index (χ0) is 11.9. The molecule has 0 spiro atoms. The lowest BCUT2D eigenvalue weighted by atomic mass is 9.82. The standard InChI is InChI=1S/C12H15BrClNO/c1-7-4-9(10(13)5-11(7)14)12(3)6-8(2)15-16-12/h5,7H,4,6H2,1-3H3. The summed E-state index contributed by atoms with van der Waals surface area (Å²) in [5.41, 5.74) is 2.00. The quantitative estimate of drug-likeness (QED) is 0.705. The average molecular weight is 305 g/mol. The van der Waals surface area contributed by atoms with Crippen molar-refractivity contribution in [3.8, 4) is 0 Å². The molecule has 0 aromatic carbocycles. The predicted octanol–water partition coefficient (Wildman–Crippen LogP) is 4.35. The van der Waals surface area contributed by atoms with Gasteiger partial charge in [-0.25, -0.2) is 0 Å². The molecule has 0 bridgehead atoms. The van der Waals surface area contributed by atoms with Crippen LogP contribution in [0.4, 0.5) is 0 Å². The van der Waals surface area contributed by atoms with E-state index in [9.17, 15) is 0 Å². The lowest BCUT2D eigenvalue weighted by Crippen LogP contribution is -2.30. The maximum atomic E-state index is 6.14. The van der Waals surface area contributed by atoms with E-state index in [0.29, 0.717) is 5.92 Å². The van der Waals surface area contributed by atoms with Crippen LogP contribution in [-0.4, -0.2) is 11.3 Å². The van der Waals surface area contributed by atoms with Gasteiger partial charge >= 0.3 is 0 Å². The molecule has 0 amide bonds. The Morgan fingerprint density at radius 1 is 1.62 bits per heavy atom. The van der Waals surface area contributed by atoms with Crippen LogP contribution >= 0.6 is 27.5 Å². The zero-order valence-electron chi connectivity index (χ0n) is 9.68. The van der Waals surface area contributed by atoms with Crippen molar-refractivity contribution in [2.24, 2.45) is 11.1 Å². The molecule has 2 rings (SSSR count). The number of hydrogen-bond acceptors (Lipinski definition) is 2. The first kappa shape index (κ1) is 12.2. The Hall–Kier alpha value is -0.280. The Labute approximate surface area is 109 Å². The van der Waals surface area contributed by atoms with Crippen LogP contribution in [0.25, 0.3) is 0 Å². The summed E-state index contributed by atoms with van der Waals surface area (Å²) in [4.78, 5) is 5.57. The van der Waals surface area contributed by atoms with Crippen LogP contribution in [0, 0.1) is 5.92 Å². The van der Waals surface area contributed by atoms with Crippen molar-refractivity contribution in [3.63, 3.8) is 0 Å². The summed E-state index contributed by atoms with van der Waals surface area (Å²) < 4.78 is 1.04. The maximum absolute atomic E-state index is 6.14. The molecule has 2 atom stereocenters. The number of halogens is 2. The fraction of sp³-hybridized carbons (Fsp3) is 0.583. The van der Waals surface area contributed by atoms with Crippen molar-refractivity contribution < 1.29 is 4.84 Å². The fourth-order valence-corrected chi connectivity index (χ4v) is 3.36. The third-order valence-electron chi connectivity index (χ3n) is 3.17. The SMILES string of the molecule is CC1=NOC(C)(C2=C(Br)C=C(Cl)C(C)C2)C1. The van der Waals surface area contributed by atoms with Gasteiger partial charge in [0.2, 0.25) is 0 Å². The minimum Gasteiger partial charge on any atom is -0.385 e. The Morgan fingerprint density at radius 3 is 2.88 bits per heavy atom. The molecular formula is C12H15BrClNO. The fourth-order valence-electron chi connectivity index (χ4n) is 2.21. The van der Waals surface area contributed by atoms with Gasteiger partial charge in [0.05, 0.1) is 5.71 Å². The van der Waals surface area contributed by atoms with Crippen LogP contribution in [0.3, 0.4) is 0 Å². The summed E-state index contributed by atoms with van der Waals surface area (Å²) in [6, 6.07) is 0. The molecule has 0 N–H and O–H groups in total. The number of rotatable bonds is 1. The van der Waals surface area contributed by atoms with Gasteiger partial charge in [-0.3, -0.25) is 0 Å². The molecule has 0 saturated heterocycles. The van der Waals surface area contributed by atoms with Gasteiger partial charge in [0.1, 0.15) is 0 Å². The Morgan fingerprint density at radius 2 is 2.31 bits per heavy atom. The summed E-state index contributed by atoms with van der Waals surface area (Å²) in [6.45, 7) is 6.21. The van der Waals surface area contributed by atoms with Crippen molar-refractivity contribution in [1.82, 2.24) is 0 Å². The van der Waals surface area contributed by atoms with Crippen molar-refractivity contribution >= 4 is 33.2 Å². The van der Waals surface area contributed by atoms with Crippen LogP contribution in [0.5, 0.6) is 0 Å². The van der Waals surface area contributed by atoms with Gasteiger partial charge in [-0.2, -0.15) is 0 Å². The molecular weight excluding hydrogens is 289 g/mol. The second kappa shape index (κ2) is 4.19. The second-order valence-corrected chi connectivity index (χ2v) is 6.08. The van der Waals surface area contributed by atoms with E-state index < -0.39 is 0 Å². The lowest BCUT2D eigenvalue weighted by molar-refractivity contribution is 0.0227. The van der Waals surface area contributed by atoms with Gasteiger partial charge < -0.3 is 4.84 Å². The summed E-state index contributed by atoms with van der Waals surface area (Å²) in [6.07, 6.45) is 3.76. The minimum atomic E-state index is -0.300. The summed E-state index contributed by atoms with van der Waals surface area (Å²) in [5, 5.41) is 4.95. The molecule has 16 heavy (non-hydrogen) atoms. The second-order valence-electron chi connectivity index (χ2n) is 4.79. The van der Waals surface area contributed by atoms with Gasteiger partial charge in [-0.15, -0.1) is 0 Å². The zero-order valence-corrected chi connectivity index (χ0v) is 12.0. The van der Waals surface area contributed by atoms with Crippen LogP contribution in [-0.2, 0) is 4.84 Å². The third kappa shape index (κ3) is 2.07. The Bertz CT molecular complexity index is 413. The highest BCUT2D eigenvalue weighted by atomic mass is 79.9.